The van der Waals surface area contributed by atoms with Gasteiger partial charge >= 0.3 is 0 Å². The fraction of sp³-hybridized carbons (Fsp3) is 0.435. The molecule has 0 amide bonds. The highest BCUT2D eigenvalue weighted by atomic mass is 127. The van der Waals surface area contributed by atoms with Crippen molar-refractivity contribution in [1.29, 1.82) is 0 Å². The van der Waals surface area contributed by atoms with Gasteiger partial charge in [0.15, 0.2) is 5.78 Å². The van der Waals surface area contributed by atoms with Gasteiger partial charge in [-0.2, -0.15) is 0 Å². The number of carbonyl (C=O) groups excluding carboxylic acids is 1. The van der Waals surface area contributed by atoms with E-state index in [0.29, 0.717) is 6.42 Å². The van der Waals surface area contributed by atoms with E-state index >= 15 is 0 Å². The van der Waals surface area contributed by atoms with Crippen molar-refractivity contribution in [3.63, 3.8) is 0 Å². The lowest BCUT2D eigenvalue weighted by atomic mass is 9.80. The summed E-state index contributed by atoms with van der Waals surface area (Å²) in [5, 5.41) is 0. The third-order valence-corrected chi connectivity index (χ3v) is 6.70. The van der Waals surface area contributed by atoms with Crippen LogP contribution in [0.5, 0.6) is 0 Å². The number of alkyl halides is 1. The second-order valence-electron chi connectivity index (χ2n) is 7.57. The van der Waals surface area contributed by atoms with Crippen molar-refractivity contribution >= 4 is 34.1 Å². The van der Waals surface area contributed by atoms with Crippen LogP contribution in [0.3, 0.4) is 0 Å². The number of anilines is 1. The van der Waals surface area contributed by atoms with Gasteiger partial charge in [-0.3, -0.25) is 9.69 Å². The van der Waals surface area contributed by atoms with Crippen LogP contribution in [-0.4, -0.2) is 60.5 Å². The number of hydrogen-bond donors (Lipinski definition) is 0. The molecule has 2 aromatic carbocycles. The average Bonchev–Trinajstić information content (AvgIpc) is 2.72. The Balaban J connectivity index is 1.90. The van der Waals surface area contributed by atoms with E-state index in [1.807, 2.05) is 44.4 Å². The predicted molar refractivity (Wildman–Crippen MR) is 124 cm³/mol. The van der Waals surface area contributed by atoms with Gasteiger partial charge in [-0.15, -0.1) is 0 Å². The smallest absolute Gasteiger partial charge is 0.184 e. The van der Waals surface area contributed by atoms with E-state index in [0.717, 1.165) is 37.6 Å². The first-order valence-electron chi connectivity index (χ1n) is 9.78. The molecule has 5 heteroatoms. The normalized spacial score (nSPS) is 18.0. The zero-order chi connectivity index (χ0) is 20.1. The molecule has 1 fully saturated rings. The highest BCUT2D eigenvalue weighted by Crippen LogP contribution is 2.32. The summed E-state index contributed by atoms with van der Waals surface area (Å²) in [6.07, 6.45) is 0.689. The largest absolute Gasteiger partial charge is 0.378 e. The number of nitrogens with zero attached hydrogens (tertiary/aromatic N) is 2. The summed E-state index contributed by atoms with van der Waals surface area (Å²) in [4.78, 5) is 18.2. The molecule has 1 aliphatic rings. The Bertz CT molecular complexity index is 761. The van der Waals surface area contributed by atoms with Gasteiger partial charge in [0.25, 0.3) is 0 Å². The summed E-state index contributed by atoms with van der Waals surface area (Å²) in [7, 11) is 4.02. The fourth-order valence-electron chi connectivity index (χ4n) is 3.92. The van der Waals surface area contributed by atoms with E-state index in [2.05, 4.69) is 63.6 Å². The van der Waals surface area contributed by atoms with Gasteiger partial charge in [-0.05, 0) is 50.3 Å². The highest BCUT2D eigenvalue weighted by Gasteiger charge is 2.45. The van der Waals surface area contributed by atoms with Crippen LogP contribution in [0.15, 0.2) is 54.6 Å². The zero-order valence-electron chi connectivity index (χ0n) is 16.9. The minimum Gasteiger partial charge on any atom is -0.378 e. The van der Waals surface area contributed by atoms with E-state index < -0.39 is 5.54 Å². The third-order valence-electron chi connectivity index (χ3n) is 5.67. The number of benzene rings is 2. The van der Waals surface area contributed by atoms with Crippen molar-refractivity contribution < 1.29 is 9.53 Å². The highest BCUT2D eigenvalue weighted by molar-refractivity contribution is 14.1. The van der Waals surface area contributed by atoms with E-state index in [1.54, 1.807) is 0 Å². The van der Waals surface area contributed by atoms with Crippen molar-refractivity contribution in [2.24, 2.45) is 0 Å². The number of ether oxygens (including phenoxy) is 1. The maximum Gasteiger partial charge on any atom is 0.184 e. The molecule has 4 nitrogen and oxygen atoms in total. The lowest BCUT2D eigenvalue weighted by Crippen LogP contribution is -2.58. The van der Waals surface area contributed by atoms with Crippen LogP contribution in [0.2, 0.25) is 0 Å². The molecule has 3 rings (SSSR count). The number of carbonyl (C=O) groups is 1. The molecule has 28 heavy (non-hydrogen) atoms. The quantitative estimate of drug-likeness (QED) is 0.332. The van der Waals surface area contributed by atoms with Gasteiger partial charge in [-0.25, -0.2) is 0 Å². The average molecular weight is 492 g/mol. The van der Waals surface area contributed by atoms with Crippen molar-refractivity contribution in [1.82, 2.24) is 4.90 Å². The Kier molecular flexibility index (Phi) is 7.12. The molecule has 1 saturated heterocycles. The Morgan fingerprint density at radius 1 is 1.11 bits per heavy atom. The van der Waals surface area contributed by atoms with Crippen LogP contribution in [-0.2, 0) is 11.2 Å². The molecule has 0 N–H and O–H groups in total. The zero-order valence-corrected chi connectivity index (χ0v) is 19.1. The van der Waals surface area contributed by atoms with Crippen LogP contribution in [0.1, 0.15) is 22.8 Å². The maximum atomic E-state index is 13.8. The van der Waals surface area contributed by atoms with Crippen LogP contribution < -0.4 is 4.90 Å². The van der Waals surface area contributed by atoms with Gasteiger partial charge in [-0.1, -0.05) is 59.8 Å². The van der Waals surface area contributed by atoms with Gasteiger partial charge < -0.3 is 9.64 Å². The van der Waals surface area contributed by atoms with E-state index in [4.69, 9.17) is 4.74 Å². The standard InChI is InChI=1S/C23H29IN2O2/c1-18(24)23(25(2)3,17-19-7-5-4-6-8-19)22(27)20-9-11-21(12-10-20)26-13-15-28-16-14-26/h4-12,18H,13-17H2,1-3H3. The van der Waals surface area contributed by atoms with Gasteiger partial charge in [0, 0.05) is 28.3 Å². The van der Waals surface area contributed by atoms with Gasteiger partial charge in [0.05, 0.1) is 18.8 Å². The van der Waals surface area contributed by atoms with Crippen LogP contribution in [0.4, 0.5) is 5.69 Å². The number of hydrogen-bond acceptors (Lipinski definition) is 4. The topological polar surface area (TPSA) is 32.8 Å². The lowest BCUT2D eigenvalue weighted by molar-refractivity contribution is 0.0690. The SMILES string of the molecule is CC(I)C(Cc1ccccc1)(C(=O)c1ccc(N2CCOCC2)cc1)N(C)C. The number of likely N-dealkylation sites (N-methyl/N-ethyl adjacent to an activating group) is 1. The minimum absolute atomic E-state index is 0.145. The van der Waals surface area contributed by atoms with E-state index in [1.165, 1.54) is 5.56 Å². The van der Waals surface area contributed by atoms with Crippen molar-refractivity contribution in [3.05, 3.63) is 65.7 Å². The molecule has 1 heterocycles. The fourth-order valence-corrected chi connectivity index (χ4v) is 4.98. The number of morpholine rings is 1. The number of Topliss-reactive ketones (excluding diaryl/α,β-unsaturated/α-hetero) is 1. The van der Waals surface area contributed by atoms with Crippen molar-refractivity contribution in [3.8, 4) is 0 Å². The summed E-state index contributed by atoms with van der Waals surface area (Å²) >= 11 is 2.40. The molecule has 2 atom stereocenters. The van der Waals surface area contributed by atoms with E-state index in [9.17, 15) is 4.79 Å². The predicted octanol–water partition coefficient (Wildman–Crippen LogP) is 4.07. The molecule has 150 valence electrons. The van der Waals surface area contributed by atoms with Crippen molar-refractivity contribution in [2.75, 3.05) is 45.3 Å². The van der Waals surface area contributed by atoms with E-state index in [-0.39, 0.29) is 9.71 Å². The molecule has 0 bridgehead atoms. The maximum absolute atomic E-state index is 13.8. The molecule has 2 unspecified atom stereocenters. The molecule has 0 saturated carbocycles. The Labute approximate surface area is 182 Å². The van der Waals surface area contributed by atoms with Gasteiger partial charge in [0.1, 0.15) is 0 Å². The first kappa shape index (κ1) is 21.3. The molecule has 1 aliphatic heterocycles. The summed E-state index contributed by atoms with van der Waals surface area (Å²) in [5.74, 6) is 0.178. The molecule has 0 radical (unpaired) electrons. The number of halogens is 1. The Hall–Kier alpha value is -1.44. The first-order valence-corrected chi connectivity index (χ1v) is 11.0. The van der Waals surface area contributed by atoms with Gasteiger partial charge in [0.2, 0.25) is 0 Å². The lowest BCUT2D eigenvalue weighted by Gasteiger charge is -2.41. The van der Waals surface area contributed by atoms with Crippen LogP contribution in [0, 0.1) is 0 Å². The molecule has 0 spiro atoms. The number of rotatable bonds is 7. The van der Waals surface area contributed by atoms with Crippen LogP contribution in [0.25, 0.3) is 0 Å². The summed E-state index contributed by atoms with van der Waals surface area (Å²) in [6, 6.07) is 18.4. The Morgan fingerprint density at radius 2 is 1.71 bits per heavy atom. The summed E-state index contributed by atoms with van der Waals surface area (Å²) < 4.78 is 5.58. The summed E-state index contributed by atoms with van der Waals surface area (Å²) in [6.45, 7) is 5.44. The molecular weight excluding hydrogens is 463 g/mol. The monoisotopic (exact) mass is 492 g/mol. The molecule has 0 aromatic heterocycles. The van der Waals surface area contributed by atoms with Crippen molar-refractivity contribution in [2.45, 2.75) is 22.8 Å². The number of ketones is 1. The second-order valence-corrected chi connectivity index (χ2v) is 9.44. The summed E-state index contributed by atoms with van der Waals surface area (Å²) in [5.41, 5.74) is 2.51. The minimum atomic E-state index is -0.595. The molecular formula is C23H29IN2O2. The third kappa shape index (κ3) is 4.42. The first-order chi connectivity index (χ1) is 13.4. The Morgan fingerprint density at radius 3 is 2.25 bits per heavy atom. The molecule has 2 aromatic rings. The second kappa shape index (κ2) is 9.37. The molecule has 0 aliphatic carbocycles. The van der Waals surface area contributed by atoms with Crippen LogP contribution >= 0.6 is 22.6 Å².